The highest BCUT2D eigenvalue weighted by Gasteiger charge is 2.39. The number of fused-ring (bicyclic) bond motifs is 3. The molecule has 118 valence electrons. The molecule has 0 N–H and O–H groups in total. The third kappa shape index (κ3) is 2.51. The van der Waals surface area contributed by atoms with Crippen molar-refractivity contribution in [2.45, 2.75) is 26.2 Å². The van der Waals surface area contributed by atoms with E-state index in [4.69, 9.17) is 0 Å². The van der Waals surface area contributed by atoms with Gasteiger partial charge in [-0.1, -0.05) is 6.07 Å². The zero-order valence-corrected chi connectivity index (χ0v) is 15.2. The van der Waals surface area contributed by atoms with Crippen molar-refractivity contribution in [2.24, 2.45) is 11.8 Å². The lowest BCUT2D eigenvalue weighted by Gasteiger charge is -2.23. The summed E-state index contributed by atoms with van der Waals surface area (Å²) in [6, 6.07) is 7.14. The van der Waals surface area contributed by atoms with Gasteiger partial charge in [-0.15, -0.1) is 23.7 Å². The van der Waals surface area contributed by atoms with Crippen LogP contribution in [0, 0.1) is 18.8 Å². The maximum Gasteiger partial charge on any atom is 0.0345 e. The van der Waals surface area contributed by atoms with Crippen LogP contribution in [0.15, 0.2) is 29.2 Å². The molecule has 1 fully saturated rings. The summed E-state index contributed by atoms with van der Waals surface area (Å²) in [6.07, 6.45) is 4.22. The van der Waals surface area contributed by atoms with Crippen LogP contribution in [-0.2, 0) is 0 Å². The number of likely N-dealkylation sites (N-methyl/N-ethyl adjacent to an activating group) is 1. The maximum absolute atomic E-state index is 2.45. The first-order chi connectivity index (χ1) is 10.1. The number of thiophene rings is 1. The summed E-state index contributed by atoms with van der Waals surface area (Å²) in [4.78, 5) is 2.34. The highest BCUT2D eigenvalue weighted by atomic mass is 35.5. The topological polar surface area (TPSA) is 3.24 Å². The van der Waals surface area contributed by atoms with Crippen molar-refractivity contribution in [3.8, 4) is 0 Å². The van der Waals surface area contributed by atoms with Gasteiger partial charge in [-0.25, -0.2) is 0 Å². The van der Waals surface area contributed by atoms with Crippen molar-refractivity contribution in [1.29, 1.82) is 0 Å². The van der Waals surface area contributed by atoms with Gasteiger partial charge in [-0.3, -0.25) is 0 Å². The minimum absolute atomic E-state index is 0. The van der Waals surface area contributed by atoms with Crippen LogP contribution in [0.25, 0.3) is 15.7 Å². The molecule has 2 atom stereocenters. The summed E-state index contributed by atoms with van der Waals surface area (Å²) in [5.41, 5.74) is 6.33. The monoisotopic (exact) mass is 333 g/mol. The molecule has 0 amide bonds. The van der Waals surface area contributed by atoms with Crippen molar-refractivity contribution in [1.82, 2.24) is 4.90 Å². The molecule has 3 heteroatoms. The molecule has 1 aromatic heterocycles. The molecule has 0 saturated heterocycles. The second-order valence-electron chi connectivity index (χ2n) is 7.01. The minimum atomic E-state index is 0. The predicted molar refractivity (Wildman–Crippen MR) is 100 cm³/mol. The SMILES string of the molecule is Cc1csc2ccc(C3=C(CN(C)C)C4CCC3C4)cc12.Cl. The molecule has 0 aliphatic heterocycles. The number of aryl methyl sites for hydroxylation is 1. The van der Waals surface area contributed by atoms with Crippen LogP contribution in [0.3, 0.4) is 0 Å². The summed E-state index contributed by atoms with van der Waals surface area (Å²) < 4.78 is 1.43. The Morgan fingerprint density at radius 1 is 1.18 bits per heavy atom. The molecule has 2 aromatic rings. The fraction of sp³-hybridized carbons (Fsp3) is 0.474. The van der Waals surface area contributed by atoms with Gasteiger partial charge in [0.25, 0.3) is 0 Å². The van der Waals surface area contributed by atoms with E-state index in [1.807, 2.05) is 11.3 Å². The third-order valence-electron chi connectivity index (χ3n) is 5.24. The molecular weight excluding hydrogens is 310 g/mol. The van der Waals surface area contributed by atoms with Gasteiger partial charge >= 0.3 is 0 Å². The van der Waals surface area contributed by atoms with Crippen LogP contribution in [0.5, 0.6) is 0 Å². The average molecular weight is 334 g/mol. The molecule has 0 radical (unpaired) electrons. The molecule has 4 rings (SSSR count). The van der Waals surface area contributed by atoms with Gasteiger partial charge in [0.2, 0.25) is 0 Å². The van der Waals surface area contributed by atoms with Gasteiger partial charge in [0, 0.05) is 11.2 Å². The Morgan fingerprint density at radius 2 is 1.95 bits per heavy atom. The predicted octanol–water partition coefficient (Wildman–Crippen LogP) is 5.38. The average Bonchev–Trinajstić information content (AvgIpc) is 3.13. The molecule has 0 spiro atoms. The normalized spacial score (nSPS) is 23.6. The number of hydrogen-bond acceptors (Lipinski definition) is 2. The second kappa shape index (κ2) is 5.99. The van der Waals surface area contributed by atoms with Gasteiger partial charge in [-0.2, -0.15) is 0 Å². The lowest BCUT2D eigenvalue weighted by atomic mass is 9.86. The van der Waals surface area contributed by atoms with E-state index in [1.54, 1.807) is 11.1 Å². The van der Waals surface area contributed by atoms with Crippen LogP contribution in [-0.4, -0.2) is 25.5 Å². The summed E-state index contributed by atoms with van der Waals surface area (Å²) >= 11 is 1.87. The van der Waals surface area contributed by atoms with Crippen LogP contribution in [0.2, 0.25) is 0 Å². The summed E-state index contributed by atoms with van der Waals surface area (Å²) in [7, 11) is 4.39. The van der Waals surface area contributed by atoms with Crippen LogP contribution >= 0.6 is 23.7 Å². The van der Waals surface area contributed by atoms with Crippen molar-refractivity contribution in [2.75, 3.05) is 20.6 Å². The summed E-state index contributed by atoms with van der Waals surface area (Å²) in [5.74, 6) is 1.67. The van der Waals surface area contributed by atoms with Crippen LogP contribution in [0.1, 0.15) is 30.4 Å². The van der Waals surface area contributed by atoms with Crippen molar-refractivity contribution in [3.05, 3.63) is 40.3 Å². The van der Waals surface area contributed by atoms with Crippen molar-refractivity contribution < 1.29 is 0 Å². The van der Waals surface area contributed by atoms with E-state index >= 15 is 0 Å². The Bertz CT molecular complexity index is 728. The molecule has 1 aromatic carbocycles. The lowest BCUT2D eigenvalue weighted by Crippen LogP contribution is -2.19. The molecule has 1 saturated carbocycles. The highest BCUT2D eigenvalue weighted by molar-refractivity contribution is 7.17. The van der Waals surface area contributed by atoms with Gasteiger partial charge in [-0.05, 0) is 97.3 Å². The molecule has 1 nitrogen and oxygen atoms in total. The van der Waals surface area contributed by atoms with E-state index in [0.29, 0.717) is 0 Å². The van der Waals surface area contributed by atoms with Gasteiger partial charge in [0.15, 0.2) is 0 Å². The first-order valence-electron chi connectivity index (χ1n) is 7.99. The molecule has 1 heterocycles. The van der Waals surface area contributed by atoms with Gasteiger partial charge in [0.05, 0.1) is 0 Å². The second-order valence-corrected chi connectivity index (χ2v) is 7.92. The van der Waals surface area contributed by atoms with E-state index in [0.717, 1.165) is 18.4 Å². The number of benzene rings is 1. The van der Waals surface area contributed by atoms with Crippen LogP contribution in [0.4, 0.5) is 0 Å². The summed E-state index contributed by atoms with van der Waals surface area (Å²) in [6.45, 7) is 3.37. The fourth-order valence-electron chi connectivity index (χ4n) is 4.34. The van der Waals surface area contributed by atoms with E-state index < -0.39 is 0 Å². The minimum Gasteiger partial charge on any atom is -0.305 e. The lowest BCUT2D eigenvalue weighted by molar-refractivity contribution is 0.423. The summed E-state index contributed by atoms with van der Waals surface area (Å²) in [5, 5.41) is 3.74. The van der Waals surface area contributed by atoms with Gasteiger partial charge in [0.1, 0.15) is 0 Å². The largest absolute Gasteiger partial charge is 0.305 e. The molecule has 22 heavy (non-hydrogen) atoms. The number of halogens is 1. The van der Waals surface area contributed by atoms with E-state index in [9.17, 15) is 0 Å². The quantitative estimate of drug-likeness (QED) is 0.729. The van der Waals surface area contributed by atoms with Gasteiger partial charge < -0.3 is 4.90 Å². The standard InChI is InChI=1S/C19H23NS.ClH/c1-12-11-21-18-7-6-15(9-16(12)18)19-14-5-4-13(8-14)17(19)10-20(2)3;/h6-7,9,11,13-14H,4-5,8,10H2,1-3H3;1H. The van der Waals surface area contributed by atoms with Crippen LogP contribution < -0.4 is 0 Å². The first-order valence-corrected chi connectivity index (χ1v) is 8.87. The molecular formula is C19H24ClNS. The van der Waals surface area contributed by atoms with Crippen molar-refractivity contribution in [3.63, 3.8) is 0 Å². The Balaban J connectivity index is 0.00000144. The van der Waals surface area contributed by atoms with E-state index in [-0.39, 0.29) is 12.4 Å². The molecule has 2 aliphatic rings. The molecule has 2 unspecified atom stereocenters. The van der Waals surface area contributed by atoms with Crippen molar-refractivity contribution >= 4 is 39.4 Å². The third-order valence-corrected chi connectivity index (χ3v) is 6.33. The van der Waals surface area contributed by atoms with E-state index in [1.165, 1.54) is 40.5 Å². The zero-order valence-electron chi connectivity index (χ0n) is 13.6. The number of nitrogens with zero attached hydrogens (tertiary/aromatic N) is 1. The first kappa shape index (κ1) is 16.0. The number of hydrogen-bond donors (Lipinski definition) is 0. The Hall–Kier alpha value is -0.830. The fourth-order valence-corrected chi connectivity index (χ4v) is 5.27. The zero-order chi connectivity index (χ0) is 14.6. The van der Waals surface area contributed by atoms with E-state index in [2.05, 4.69) is 49.5 Å². The molecule has 2 aliphatic carbocycles. The maximum atomic E-state index is 2.45. The Morgan fingerprint density at radius 3 is 2.73 bits per heavy atom. The highest BCUT2D eigenvalue weighted by Crippen LogP contribution is 2.52. The molecule has 2 bridgehead atoms. The number of rotatable bonds is 3. The number of allylic oxidation sites excluding steroid dienone is 1. The smallest absolute Gasteiger partial charge is 0.0345 e. The Labute approximate surface area is 143 Å². The Kier molecular flexibility index (Phi) is 4.37.